The Labute approximate surface area is 119 Å². The Morgan fingerprint density at radius 2 is 2.06 bits per heavy atom. The van der Waals surface area contributed by atoms with E-state index < -0.39 is 0 Å². The molecule has 0 saturated carbocycles. The van der Waals surface area contributed by atoms with Crippen molar-refractivity contribution in [3.05, 3.63) is 28.7 Å². The normalized spacial score (nSPS) is 11.9. The number of ether oxygens (including phenoxy) is 1. The molecule has 0 fully saturated rings. The lowest BCUT2D eigenvalue weighted by Crippen LogP contribution is -2.34. The summed E-state index contributed by atoms with van der Waals surface area (Å²) in [6, 6.07) is 8.52. The van der Waals surface area contributed by atoms with Crippen molar-refractivity contribution in [1.82, 2.24) is 5.32 Å². The first kappa shape index (κ1) is 15.5. The molecule has 0 atom stereocenters. The molecule has 0 saturated heterocycles. The fraction of sp³-hybridized carbons (Fsp3) is 0.600. The van der Waals surface area contributed by atoms with Crippen LogP contribution in [0.3, 0.4) is 0 Å². The van der Waals surface area contributed by atoms with Crippen molar-refractivity contribution in [3.63, 3.8) is 0 Å². The van der Waals surface area contributed by atoms with E-state index in [-0.39, 0.29) is 5.41 Å². The predicted molar refractivity (Wildman–Crippen MR) is 81.2 cm³/mol. The van der Waals surface area contributed by atoms with Gasteiger partial charge in [-0.1, -0.05) is 49.7 Å². The molecular weight excluding hydrogens is 290 g/mol. The van der Waals surface area contributed by atoms with Crippen LogP contribution in [-0.2, 0) is 0 Å². The van der Waals surface area contributed by atoms with Gasteiger partial charge in [0.15, 0.2) is 0 Å². The van der Waals surface area contributed by atoms with Crippen LogP contribution < -0.4 is 10.1 Å². The Balaban J connectivity index is 2.32. The van der Waals surface area contributed by atoms with Crippen LogP contribution in [0.1, 0.15) is 34.1 Å². The first-order valence-electron chi connectivity index (χ1n) is 6.51. The van der Waals surface area contributed by atoms with E-state index in [9.17, 15) is 0 Å². The van der Waals surface area contributed by atoms with E-state index >= 15 is 0 Å². The van der Waals surface area contributed by atoms with Crippen LogP contribution in [0, 0.1) is 5.41 Å². The highest BCUT2D eigenvalue weighted by Crippen LogP contribution is 2.22. The van der Waals surface area contributed by atoms with E-state index in [0.29, 0.717) is 6.04 Å². The fourth-order valence-electron chi connectivity index (χ4n) is 1.57. The number of benzene rings is 1. The molecule has 0 spiro atoms. The van der Waals surface area contributed by atoms with Gasteiger partial charge in [-0.05, 0) is 30.0 Å². The molecule has 102 valence electrons. The molecule has 3 heteroatoms. The highest BCUT2D eigenvalue weighted by molar-refractivity contribution is 9.10. The molecule has 0 unspecified atom stereocenters. The number of rotatable bonds is 7. The molecule has 1 aromatic carbocycles. The van der Waals surface area contributed by atoms with Gasteiger partial charge in [0.2, 0.25) is 0 Å². The zero-order valence-electron chi connectivity index (χ0n) is 11.8. The highest BCUT2D eigenvalue weighted by atomic mass is 79.9. The van der Waals surface area contributed by atoms with Crippen LogP contribution >= 0.6 is 15.9 Å². The van der Waals surface area contributed by atoms with Gasteiger partial charge in [-0.25, -0.2) is 0 Å². The predicted octanol–water partition coefficient (Wildman–Crippen LogP) is 4.24. The molecule has 18 heavy (non-hydrogen) atoms. The summed E-state index contributed by atoms with van der Waals surface area (Å²) < 4.78 is 6.83. The van der Waals surface area contributed by atoms with Crippen molar-refractivity contribution < 1.29 is 4.74 Å². The fourth-order valence-corrected chi connectivity index (χ4v) is 1.95. The Bertz CT molecular complexity index is 363. The Hall–Kier alpha value is -0.540. The van der Waals surface area contributed by atoms with Crippen LogP contribution in [0.5, 0.6) is 5.75 Å². The standard InChI is InChI=1S/C15H24BrNO/c1-12(2)17-11-15(3,4)8-9-18-14-7-5-6-13(16)10-14/h5-7,10,12,17H,8-9,11H2,1-4H3. The number of nitrogens with one attached hydrogen (secondary N) is 1. The van der Waals surface area contributed by atoms with Gasteiger partial charge in [-0.2, -0.15) is 0 Å². The third kappa shape index (κ3) is 6.41. The summed E-state index contributed by atoms with van der Waals surface area (Å²) in [6.45, 7) is 10.7. The van der Waals surface area contributed by atoms with Gasteiger partial charge in [-0.3, -0.25) is 0 Å². The molecular formula is C15H24BrNO. The first-order valence-corrected chi connectivity index (χ1v) is 7.30. The summed E-state index contributed by atoms with van der Waals surface area (Å²) in [5, 5.41) is 3.48. The molecule has 0 bridgehead atoms. The highest BCUT2D eigenvalue weighted by Gasteiger charge is 2.17. The Morgan fingerprint density at radius 1 is 1.33 bits per heavy atom. The first-order chi connectivity index (χ1) is 8.39. The Morgan fingerprint density at radius 3 is 2.67 bits per heavy atom. The van der Waals surface area contributed by atoms with Crippen molar-refractivity contribution in [3.8, 4) is 5.75 Å². The van der Waals surface area contributed by atoms with Crippen LogP contribution in [0.4, 0.5) is 0 Å². The van der Waals surface area contributed by atoms with Gasteiger partial charge in [0.1, 0.15) is 5.75 Å². The lowest BCUT2D eigenvalue weighted by Gasteiger charge is -2.26. The molecule has 0 aliphatic heterocycles. The van der Waals surface area contributed by atoms with Crippen molar-refractivity contribution >= 4 is 15.9 Å². The van der Waals surface area contributed by atoms with E-state index in [1.54, 1.807) is 0 Å². The van der Waals surface area contributed by atoms with Crippen molar-refractivity contribution in [1.29, 1.82) is 0 Å². The molecule has 0 radical (unpaired) electrons. The van der Waals surface area contributed by atoms with Gasteiger partial charge in [0, 0.05) is 17.1 Å². The second-order valence-corrected chi connectivity index (χ2v) is 6.67. The summed E-state index contributed by atoms with van der Waals surface area (Å²) >= 11 is 3.44. The van der Waals surface area contributed by atoms with Gasteiger partial charge < -0.3 is 10.1 Å². The SMILES string of the molecule is CC(C)NCC(C)(C)CCOc1cccc(Br)c1. The second-order valence-electron chi connectivity index (χ2n) is 5.76. The number of hydrogen-bond donors (Lipinski definition) is 1. The van der Waals surface area contributed by atoms with Crippen molar-refractivity contribution in [2.24, 2.45) is 5.41 Å². The third-order valence-electron chi connectivity index (χ3n) is 2.83. The third-order valence-corrected chi connectivity index (χ3v) is 3.33. The van der Waals surface area contributed by atoms with Gasteiger partial charge in [0.05, 0.1) is 6.61 Å². The average Bonchev–Trinajstić information content (AvgIpc) is 2.26. The summed E-state index contributed by atoms with van der Waals surface area (Å²) in [5.41, 5.74) is 0.260. The molecule has 0 aromatic heterocycles. The monoisotopic (exact) mass is 313 g/mol. The molecule has 0 amide bonds. The summed E-state index contributed by atoms with van der Waals surface area (Å²) in [5.74, 6) is 0.928. The smallest absolute Gasteiger partial charge is 0.120 e. The summed E-state index contributed by atoms with van der Waals surface area (Å²) in [6.07, 6.45) is 1.04. The quantitative estimate of drug-likeness (QED) is 0.813. The van der Waals surface area contributed by atoms with Crippen LogP contribution in [0.25, 0.3) is 0 Å². The second kappa shape index (κ2) is 7.15. The maximum absolute atomic E-state index is 5.77. The van der Waals surface area contributed by atoms with E-state index in [4.69, 9.17) is 4.74 Å². The van der Waals surface area contributed by atoms with Crippen molar-refractivity contribution in [2.45, 2.75) is 40.2 Å². The summed E-state index contributed by atoms with van der Waals surface area (Å²) in [4.78, 5) is 0. The van der Waals surface area contributed by atoms with Gasteiger partial charge in [-0.15, -0.1) is 0 Å². The minimum Gasteiger partial charge on any atom is -0.494 e. The molecule has 0 heterocycles. The molecule has 0 aliphatic carbocycles. The largest absolute Gasteiger partial charge is 0.494 e. The van der Waals surface area contributed by atoms with E-state index in [0.717, 1.165) is 29.8 Å². The van der Waals surface area contributed by atoms with E-state index in [1.807, 2.05) is 24.3 Å². The Kier molecular flexibility index (Phi) is 6.16. The van der Waals surface area contributed by atoms with E-state index in [1.165, 1.54) is 0 Å². The zero-order chi connectivity index (χ0) is 13.6. The molecule has 2 nitrogen and oxygen atoms in total. The maximum atomic E-state index is 5.77. The number of halogens is 1. The topological polar surface area (TPSA) is 21.3 Å². The maximum Gasteiger partial charge on any atom is 0.120 e. The molecule has 1 N–H and O–H groups in total. The number of hydrogen-bond acceptors (Lipinski definition) is 2. The van der Waals surface area contributed by atoms with Crippen LogP contribution in [0.2, 0.25) is 0 Å². The van der Waals surface area contributed by atoms with Crippen LogP contribution in [-0.4, -0.2) is 19.2 Å². The zero-order valence-corrected chi connectivity index (χ0v) is 13.4. The van der Waals surface area contributed by atoms with E-state index in [2.05, 4.69) is 48.9 Å². The van der Waals surface area contributed by atoms with Crippen LogP contribution in [0.15, 0.2) is 28.7 Å². The molecule has 1 aromatic rings. The minimum absolute atomic E-state index is 0.260. The molecule has 0 aliphatic rings. The van der Waals surface area contributed by atoms with Gasteiger partial charge in [0.25, 0.3) is 0 Å². The summed E-state index contributed by atoms with van der Waals surface area (Å²) in [7, 11) is 0. The average molecular weight is 314 g/mol. The molecule has 1 rings (SSSR count). The minimum atomic E-state index is 0.260. The lowest BCUT2D eigenvalue weighted by atomic mass is 9.89. The van der Waals surface area contributed by atoms with Crippen molar-refractivity contribution in [2.75, 3.05) is 13.2 Å². The lowest BCUT2D eigenvalue weighted by molar-refractivity contribution is 0.219. The van der Waals surface area contributed by atoms with Gasteiger partial charge >= 0.3 is 0 Å².